The smallest absolute Gasteiger partial charge is 0.323 e. The largest absolute Gasteiger partial charge is 0.480 e. The first kappa shape index (κ1) is 15.0. The molecule has 0 saturated heterocycles. The first-order valence-electron chi connectivity index (χ1n) is 6.72. The zero-order chi connectivity index (χ0) is 15.6. The Labute approximate surface area is 121 Å². The number of carbonyl (C=O) groups is 2. The molecule has 0 bridgehead atoms. The fourth-order valence-electron chi connectivity index (χ4n) is 2.35. The lowest BCUT2D eigenvalue weighted by molar-refractivity contribution is -0.137. The molecule has 1 aromatic carbocycles. The lowest BCUT2D eigenvalue weighted by Crippen LogP contribution is -2.36. The van der Waals surface area contributed by atoms with Crippen molar-refractivity contribution in [3.8, 4) is 0 Å². The first-order valence-corrected chi connectivity index (χ1v) is 6.72. The van der Waals surface area contributed by atoms with Crippen LogP contribution in [0.2, 0.25) is 0 Å². The van der Waals surface area contributed by atoms with E-state index in [0.717, 1.165) is 10.9 Å². The van der Waals surface area contributed by atoms with Gasteiger partial charge in [-0.2, -0.15) is 0 Å². The van der Waals surface area contributed by atoms with Gasteiger partial charge in [0.05, 0.1) is 0 Å². The van der Waals surface area contributed by atoms with Crippen molar-refractivity contribution in [2.24, 2.45) is 0 Å². The molecule has 0 spiro atoms. The normalized spacial score (nSPS) is 10.8. The summed E-state index contributed by atoms with van der Waals surface area (Å²) >= 11 is 0. The van der Waals surface area contributed by atoms with E-state index < -0.39 is 11.9 Å². The van der Waals surface area contributed by atoms with Crippen molar-refractivity contribution < 1.29 is 19.1 Å². The van der Waals surface area contributed by atoms with Crippen LogP contribution >= 0.6 is 0 Å². The van der Waals surface area contributed by atoms with Gasteiger partial charge >= 0.3 is 5.97 Å². The van der Waals surface area contributed by atoms with E-state index in [1.807, 2.05) is 6.92 Å². The number of aryl methyl sites for hydroxylation is 1. The third-order valence-electron chi connectivity index (χ3n) is 3.25. The van der Waals surface area contributed by atoms with Crippen molar-refractivity contribution in [1.29, 1.82) is 0 Å². The second-order valence-corrected chi connectivity index (χ2v) is 4.99. The molecule has 2 aromatic rings. The van der Waals surface area contributed by atoms with Gasteiger partial charge in [0.1, 0.15) is 18.1 Å². The van der Waals surface area contributed by atoms with Gasteiger partial charge in [-0.1, -0.05) is 6.92 Å². The van der Waals surface area contributed by atoms with Gasteiger partial charge in [-0.25, -0.2) is 4.39 Å². The number of hydrogen-bond donors (Lipinski definition) is 2. The number of carboxylic acids is 1. The monoisotopic (exact) mass is 292 g/mol. The molecule has 0 aliphatic rings. The fraction of sp³-hybridized carbons (Fsp3) is 0.333. The fourth-order valence-corrected chi connectivity index (χ4v) is 2.35. The Morgan fingerprint density at radius 3 is 2.67 bits per heavy atom. The summed E-state index contributed by atoms with van der Waals surface area (Å²) < 4.78 is 13.4. The molecule has 0 aliphatic carbocycles. The summed E-state index contributed by atoms with van der Waals surface area (Å²) in [6, 6.07) is 4.35. The van der Waals surface area contributed by atoms with E-state index >= 15 is 0 Å². The average molecular weight is 292 g/mol. The van der Waals surface area contributed by atoms with Crippen LogP contribution in [0.15, 0.2) is 18.2 Å². The van der Waals surface area contributed by atoms with Gasteiger partial charge < -0.3 is 15.0 Å². The van der Waals surface area contributed by atoms with Crippen LogP contribution in [0.25, 0.3) is 10.9 Å². The number of aromatic amines is 1. The van der Waals surface area contributed by atoms with E-state index in [0.29, 0.717) is 18.5 Å². The predicted octanol–water partition coefficient (Wildman–Crippen LogP) is 2.55. The number of H-pyrrole nitrogens is 1. The van der Waals surface area contributed by atoms with Crippen molar-refractivity contribution in [2.45, 2.75) is 20.3 Å². The predicted molar refractivity (Wildman–Crippen MR) is 76.8 cm³/mol. The molecule has 0 fully saturated rings. The number of halogens is 1. The maximum absolute atomic E-state index is 13.4. The lowest BCUT2D eigenvalue weighted by Gasteiger charge is -2.18. The molecule has 1 aromatic heterocycles. The molecule has 1 amide bonds. The van der Waals surface area contributed by atoms with Crippen molar-refractivity contribution in [1.82, 2.24) is 9.88 Å². The molecule has 2 N–H and O–H groups in total. The molecule has 112 valence electrons. The molecule has 6 heteroatoms. The molecule has 21 heavy (non-hydrogen) atoms. The molecule has 5 nitrogen and oxygen atoms in total. The van der Waals surface area contributed by atoms with Crippen LogP contribution in [0.1, 0.15) is 29.4 Å². The van der Waals surface area contributed by atoms with Crippen molar-refractivity contribution in [3.05, 3.63) is 35.3 Å². The summed E-state index contributed by atoms with van der Waals surface area (Å²) in [7, 11) is 0. The zero-order valence-corrected chi connectivity index (χ0v) is 11.9. The summed E-state index contributed by atoms with van der Waals surface area (Å²) in [5.74, 6) is -1.83. The molecule has 2 rings (SSSR count). The van der Waals surface area contributed by atoms with Crippen LogP contribution in [0.5, 0.6) is 0 Å². The van der Waals surface area contributed by atoms with Gasteiger partial charge in [0, 0.05) is 17.4 Å². The molecular formula is C15H17FN2O3. The summed E-state index contributed by atoms with van der Waals surface area (Å²) in [6.07, 6.45) is 0.660. The highest BCUT2D eigenvalue weighted by molar-refractivity contribution is 5.99. The minimum Gasteiger partial charge on any atom is -0.480 e. The van der Waals surface area contributed by atoms with E-state index in [9.17, 15) is 14.0 Å². The van der Waals surface area contributed by atoms with Crippen molar-refractivity contribution >= 4 is 22.8 Å². The van der Waals surface area contributed by atoms with E-state index in [4.69, 9.17) is 5.11 Å². The quantitative estimate of drug-likeness (QED) is 0.889. The maximum Gasteiger partial charge on any atom is 0.323 e. The Kier molecular flexibility index (Phi) is 4.26. The first-order chi connectivity index (χ1) is 9.92. The number of rotatable bonds is 5. The van der Waals surface area contributed by atoms with Gasteiger partial charge in [0.25, 0.3) is 5.91 Å². The topological polar surface area (TPSA) is 73.4 Å². The van der Waals surface area contributed by atoms with Crippen LogP contribution in [0.3, 0.4) is 0 Å². The summed E-state index contributed by atoms with van der Waals surface area (Å²) in [5.41, 5.74) is 1.52. The Balaban J connectivity index is 2.37. The molecule has 0 saturated carbocycles. The Hall–Kier alpha value is -2.37. The zero-order valence-electron chi connectivity index (χ0n) is 11.9. The third-order valence-corrected chi connectivity index (χ3v) is 3.25. The van der Waals surface area contributed by atoms with Gasteiger partial charge in [-0.05, 0) is 37.1 Å². The highest BCUT2D eigenvalue weighted by Gasteiger charge is 2.20. The van der Waals surface area contributed by atoms with Crippen LogP contribution in [0, 0.1) is 12.7 Å². The van der Waals surface area contributed by atoms with E-state index in [1.165, 1.54) is 17.0 Å². The Bertz CT molecular complexity index is 694. The van der Waals surface area contributed by atoms with Gasteiger partial charge in [0.2, 0.25) is 0 Å². The average Bonchev–Trinajstić information content (AvgIpc) is 2.81. The third kappa shape index (κ3) is 3.21. The summed E-state index contributed by atoms with van der Waals surface area (Å²) in [5, 5.41) is 9.63. The molecular weight excluding hydrogens is 275 g/mol. The highest BCUT2D eigenvalue weighted by atomic mass is 19.1. The number of nitrogens with one attached hydrogen (secondary N) is 1. The molecule has 0 radical (unpaired) electrons. The van der Waals surface area contributed by atoms with Crippen LogP contribution in [0.4, 0.5) is 4.39 Å². The number of aromatic nitrogens is 1. The number of carboxylic acid groups (broad SMARTS) is 1. The number of amides is 1. The van der Waals surface area contributed by atoms with Crippen LogP contribution in [-0.4, -0.2) is 40.0 Å². The minimum absolute atomic E-state index is 0.272. The van der Waals surface area contributed by atoms with Gasteiger partial charge in [-0.3, -0.25) is 9.59 Å². The second kappa shape index (κ2) is 5.95. The molecule has 0 atom stereocenters. The van der Waals surface area contributed by atoms with Crippen LogP contribution < -0.4 is 0 Å². The number of nitrogens with zero attached hydrogens (tertiary/aromatic N) is 1. The standard InChI is InChI=1S/C15H17FN2O3/c1-3-4-18(8-14(19)20)15(21)13-7-11-9(2)5-10(16)6-12(11)17-13/h5-7,17H,3-4,8H2,1-2H3,(H,19,20). The molecule has 0 unspecified atom stereocenters. The van der Waals surface area contributed by atoms with E-state index in [1.54, 1.807) is 13.0 Å². The number of benzene rings is 1. The maximum atomic E-state index is 13.4. The van der Waals surface area contributed by atoms with Crippen molar-refractivity contribution in [3.63, 3.8) is 0 Å². The number of hydrogen-bond acceptors (Lipinski definition) is 2. The lowest BCUT2D eigenvalue weighted by atomic mass is 10.1. The van der Waals surface area contributed by atoms with Gasteiger partial charge in [-0.15, -0.1) is 0 Å². The number of carbonyl (C=O) groups excluding carboxylic acids is 1. The van der Waals surface area contributed by atoms with E-state index in [-0.39, 0.29) is 18.1 Å². The molecule has 0 aliphatic heterocycles. The summed E-state index contributed by atoms with van der Waals surface area (Å²) in [6.45, 7) is 3.63. The number of aliphatic carboxylic acids is 1. The number of fused-ring (bicyclic) bond motifs is 1. The molecule has 1 heterocycles. The van der Waals surface area contributed by atoms with Crippen LogP contribution in [-0.2, 0) is 4.79 Å². The van der Waals surface area contributed by atoms with Gasteiger partial charge in [0.15, 0.2) is 0 Å². The summed E-state index contributed by atoms with van der Waals surface area (Å²) in [4.78, 5) is 27.3. The Morgan fingerprint density at radius 1 is 1.33 bits per heavy atom. The van der Waals surface area contributed by atoms with E-state index in [2.05, 4.69) is 4.98 Å². The highest BCUT2D eigenvalue weighted by Crippen LogP contribution is 2.22. The van der Waals surface area contributed by atoms with Crippen molar-refractivity contribution in [2.75, 3.05) is 13.1 Å². The second-order valence-electron chi connectivity index (χ2n) is 4.99. The minimum atomic E-state index is -1.06. The Morgan fingerprint density at radius 2 is 2.05 bits per heavy atom. The SMILES string of the molecule is CCCN(CC(=O)O)C(=O)c1cc2c(C)cc(F)cc2[nH]1.